The van der Waals surface area contributed by atoms with Crippen molar-refractivity contribution in [3.05, 3.63) is 42.6 Å². The maximum absolute atomic E-state index is 11.4. The summed E-state index contributed by atoms with van der Waals surface area (Å²) in [4.78, 5) is 18.1. The fraction of sp³-hybridized carbons (Fsp3) is 0.375. The molecule has 9 nitrogen and oxygen atoms in total. The lowest BCUT2D eigenvalue weighted by Gasteiger charge is -2.23. The van der Waals surface area contributed by atoms with Crippen LogP contribution in [-0.4, -0.2) is 60.0 Å². The van der Waals surface area contributed by atoms with Gasteiger partial charge in [0, 0.05) is 43.8 Å². The van der Waals surface area contributed by atoms with Crippen molar-refractivity contribution in [2.24, 2.45) is 0 Å². The average Bonchev–Trinajstić information content (AvgIpc) is 3.55. The van der Waals surface area contributed by atoms with Crippen LogP contribution in [0.5, 0.6) is 5.88 Å². The van der Waals surface area contributed by atoms with Crippen LogP contribution >= 0.6 is 0 Å². The second kappa shape index (κ2) is 9.11. The van der Waals surface area contributed by atoms with E-state index in [2.05, 4.69) is 33.3 Å². The van der Waals surface area contributed by atoms with Crippen LogP contribution < -0.4 is 15.0 Å². The maximum atomic E-state index is 11.4. The number of hydrogen-bond donors (Lipinski definition) is 1. The van der Waals surface area contributed by atoms with Crippen LogP contribution in [0.25, 0.3) is 28.1 Å². The van der Waals surface area contributed by atoms with Crippen LogP contribution in [0.2, 0.25) is 0 Å². The van der Waals surface area contributed by atoms with Crippen molar-refractivity contribution in [1.29, 1.82) is 0 Å². The number of fused-ring (bicyclic) bond motifs is 2. The van der Waals surface area contributed by atoms with Gasteiger partial charge in [-0.15, -0.1) is 5.10 Å². The summed E-state index contributed by atoms with van der Waals surface area (Å²) in [5, 5.41) is 8.54. The van der Waals surface area contributed by atoms with E-state index in [0.29, 0.717) is 36.9 Å². The normalized spacial score (nSPS) is 15.9. The third-order valence-electron chi connectivity index (χ3n) is 5.93. The molecule has 1 N–H and O–H groups in total. The highest BCUT2D eigenvalue weighted by Crippen LogP contribution is 2.34. The molecule has 0 aliphatic carbocycles. The molecule has 0 bridgehead atoms. The average molecular weight is 450 g/mol. The Bertz CT molecular complexity index is 1280. The first-order valence-corrected chi connectivity index (χ1v) is 11.2. The molecule has 1 fully saturated rings. The number of ether oxygens (including phenoxy) is 2. The third-order valence-corrected chi connectivity index (χ3v) is 5.93. The highest BCUT2D eigenvalue weighted by atomic mass is 16.5. The molecule has 4 aromatic rings. The number of benzene rings is 1. The Kier molecular flexibility index (Phi) is 5.87. The van der Waals surface area contributed by atoms with Crippen LogP contribution in [0, 0.1) is 0 Å². The largest absolute Gasteiger partial charge is 0.474 e. The fourth-order valence-corrected chi connectivity index (χ4v) is 4.19. The Hall–Kier alpha value is -3.59. The number of amides is 1. The second-order valence-electron chi connectivity index (χ2n) is 8.07. The maximum Gasteiger partial charge on any atom is 0.231 e. The number of anilines is 1. The van der Waals surface area contributed by atoms with Gasteiger partial charge in [0.25, 0.3) is 0 Å². The monoisotopic (exact) mass is 449 g/mol. The number of carbonyl (C=O) groups excluding carboxylic acids is 1. The number of nitrogens with zero attached hydrogens (tertiary/aromatic N) is 4. The molecule has 5 rings (SSSR count). The SMILES string of the molecule is CCN(CCOC)c1cccc2oc(-c3cnc4ccc(OC[C@H]5CCC(=O)N5)nn34)cc12. The highest BCUT2D eigenvalue weighted by molar-refractivity contribution is 5.94. The molecule has 1 atom stereocenters. The number of aromatic nitrogens is 3. The number of furan rings is 1. The molecule has 1 amide bonds. The molecular weight excluding hydrogens is 422 g/mol. The molecule has 3 aromatic heterocycles. The smallest absolute Gasteiger partial charge is 0.231 e. The summed E-state index contributed by atoms with van der Waals surface area (Å²) < 4.78 is 19.0. The van der Waals surface area contributed by atoms with Gasteiger partial charge in [0.1, 0.15) is 17.9 Å². The molecule has 1 saturated heterocycles. The van der Waals surface area contributed by atoms with Crippen molar-refractivity contribution in [1.82, 2.24) is 19.9 Å². The van der Waals surface area contributed by atoms with E-state index in [1.807, 2.05) is 24.3 Å². The van der Waals surface area contributed by atoms with Crippen molar-refractivity contribution < 1.29 is 18.7 Å². The summed E-state index contributed by atoms with van der Waals surface area (Å²) in [6.45, 7) is 4.83. The van der Waals surface area contributed by atoms with Crippen LogP contribution in [0.4, 0.5) is 5.69 Å². The van der Waals surface area contributed by atoms with Gasteiger partial charge in [-0.1, -0.05) is 6.07 Å². The summed E-state index contributed by atoms with van der Waals surface area (Å²) in [6, 6.07) is 11.8. The van der Waals surface area contributed by atoms with E-state index >= 15 is 0 Å². The van der Waals surface area contributed by atoms with E-state index in [1.165, 1.54) is 0 Å². The predicted octanol–water partition coefficient (Wildman–Crippen LogP) is 3.27. The Balaban J connectivity index is 1.45. The van der Waals surface area contributed by atoms with Crippen molar-refractivity contribution in [2.45, 2.75) is 25.8 Å². The first kappa shape index (κ1) is 21.3. The van der Waals surface area contributed by atoms with E-state index in [1.54, 1.807) is 23.9 Å². The molecule has 1 aliphatic heterocycles. The molecule has 1 aliphatic rings. The van der Waals surface area contributed by atoms with Crippen LogP contribution in [-0.2, 0) is 9.53 Å². The Morgan fingerprint density at radius 2 is 2.21 bits per heavy atom. The van der Waals surface area contributed by atoms with Gasteiger partial charge in [0.05, 0.1) is 18.8 Å². The zero-order chi connectivity index (χ0) is 22.8. The standard InChI is InChI=1S/C24H27N5O4/c1-3-28(11-12-31-2)18-5-4-6-20-17(18)13-21(33-20)19-14-25-22-8-10-24(27-29(19)22)32-15-16-7-9-23(30)26-16/h4-6,8,10,13-14,16H,3,7,9,11-12,15H2,1-2H3,(H,26,30)/t16-/m1/s1. The zero-order valence-corrected chi connectivity index (χ0v) is 18.8. The van der Waals surface area contributed by atoms with Gasteiger partial charge in [-0.05, 0) is 37.6 Å². The van der Waals surface area contributed by atoms with Crippen LogP contribution in [0.1, 0.15) is 19.8 Å². The number of rotatable bonds is 9. The third kappa shape index (κ3) is 4.23. The van der Waals surface area contributed by atoms with E-state index in [4.69, 9.17) is 13.9 Å². The van der Waals surface area contributed by atoms with Crippen molar-refractivity contribution >= 4 is 28.2 Å². The van der Waals surface area contributed by atoms with Crippen LogP contribution in [0.3, 0.4) is 0 Å². The zero-order valence-electron chi connectivity index (χ0n) is 18.8. The first-order chi connectivity index (χ1) is 16.2. The summed E-state index contributed by atoms with van der Waals surface area (Å²) >= 11 is 0. The molecule has 33 heavy (non-hydrogen) atoms. The molecule has 4 heterocycles. The number of imidazole rings is 1. The summed E-state index contributed by atoms with van der Waals surface area (Å²) in [7, 11) is 1.71. The number of carbonyl (C=O) groups is 1. The number of hydrogen-bond acceptors (Lipinski definition) is 7. The fourth-order valence-electron chi connectivity index (χ4n) is 4.19. The Morgan fingerprint density at radius 1 is 1.30 bits per heavy atom. The Morgan fingerprint density at radius 3 is 3.00 bits per heavy atom. The first-order valence-electron chi connectivity index (χ1n) is 11.2. The summed E-state index contributed by atoms with van der Waals surface area (Å²) in [5.74, 6) is 1.22. The number of likely N-dealkylation sites (N-methyl/N-ethyl adjacent to an activating group) is 1. The van der Waals surface area contributed by atoms with Gasteiger partial charge in [-0.3, -0.25) is 4.79 Å². The molecule has 1 aromatic carbocycles. The molecule has 0 saturated carbocycles. The molecule has 0 spiro atoms. The number of methoxy groups -OCH3 is 1. The Labute approximate surface area is 191 Å². The molecule has 0 radical (unpaired) electrons. The summed E-state index contributed by atoms with van der Waals surface area (Å²) in [5.41, 5.74) is 3.35. The van der Waals surface area contributed by atoms with Gasteiger partial charge >= 0.3 is 0 Å². The lowest BCUT2D eigenvalue weighted by atomic mass is 10.2. The quantitative estimate of drug-likeness (QED) is 0.419. The second-order valence-corrected chi connectivity index (χ2v) is 8.07. The van der Waals surface area contributed by atoms with Gasteiger partial charge in [-0.25, -0.2) is 9.50 Å². The molecule has 172 valence electrons. The van der Waals surface area contributed by atoms with Gasteiger partial charge in [0.2, 0.25) is 11.8 Å². The summed E-state index contributed by atoms with van der Waals surface area (Å²) in [6.07, 6.45) is 3.07. The van der Waals surface area contributed by atoms with Crippen LogP contribution in [0.15, 0.2) is 47.0 Å². The minimum absolute atomic E-state index is 0.0191. The molecular formula is C24H27N5O4. The minimum atomic E-state index is 0.0191. The van der Waals surface area contributed by atoms with Gasteiger partial charge < -0.3 is 24.1 Å². The molecule has 9 heteroatoms. The number of nitrogens with one attached hydrogen (secondary N) is 1. The molecule has 0 unspecified atom stereocenters. The van der Waals surface area contributed by atoms with E-state index in [-0.39, 0.29) is 11.9 Å². The van der Waals surface area contributed by atoms with E-state index in [9.17, 15) is 4.79 Å². The predicted molar refractivity (Wildman–Crippen MR) is 125 cm³/mol. The van der Waals surface area contributed by atoms with Gasteiger partial charge in [0.15, 0.2) is 11.4 Å². The van der Waals surface area contributed by atoms with E-state index < -0.39 is 0 Å². The minimum Gasteiger partial charge on any atom is -0.474 e. The van der Waals surface area contributed by atoms with Crippen molar-refractivity contribution in [3.8, 4) is 17.3 Å². The van der Waals surface area contributed by atoms with Crippen molar-refractivity contribution in [2.75, 3.05) is 38.3 Å². The van der Waals surface area contributed by atoms with E-state index in [0.717, 1.165) is 41.9 Å². The lowest BCUT2D eigenvalue weighted by Crippen LogP contribution is -2.31. The highest BCUT2D eigenvalue weighted by Gasteiger charge is 2.22. The lowest BCUT2D eigenvalue weighted by molar-refractivity contribution is -0.119. The van der Waals surface area contributed by atoms with Gasteiger partial charge in [-0.2, -0.15) is 0 Å². The topological polar surface area (TPSA) is 94.1 Å². The van der Waals surface area contributed by atoms with Crippen molar-refractivity contribution in [3.63, 3.8) is 0 Å².